The molecule has 0 spiro atoms. The van der Waals surface area contributed by atoms with Crippen molar-refractivity contribution < 1.29 is 13.2 Å². The third-order valence-corrected chi connectivity index (χ3v) is 4.47. The largest absolute Gasteiger partial charge is 0.416 e. The van der Waals surface area contributed by atoms with E-state index in [0.717, 1.165) is 17.4 Å². The highest BCUT2D eigenvalue weighted by molar-refractivity contribution is 7.12. The highest BCUT2D eigenvalue weighted by atomic mass is 32.1. The van der Waals surface area contributed by atoms with Crippen LogP contribution in [0.15, 0.2) is 36.4 Å². The average molecular weight is 299 g/mol. The van der Waals surface area contributed by atoms with Crippen LogP contribution in [-0.4, -0.2) is 0 Å². The molecule has 1 atom stereocenters. The van der Waals surface area contributed by atoms with Gasteiger partial charge in [-0.3, -0.25) is 0 Å². The minimum atomic E-state index is -4.31. The molecule has 108 valence electrons. The Morgan fingerprint density at radius 2 is 1.95 bits per heavy atom. The van der Waals surface area contributed by atoms with Crippen LogP contribution in [-0.2, 0) is 19.0 Å². The summed E-state index contributed by atoms with van der Waals surface area (Å²) in [6.07, 6.45) is -2.95. The molecule has 2 aromatic rings. The van der Waals surface area contributed by atoms with Crippen LogP contribution >= 0.6 is 11.3 Å². The topological polar surface area (TPSA) is 26.0 Å². The predicted octanol–water partition coefficient (Wildman–Crippen LogP) is 4.57. The summed E-state index contributed by atoms with van der Waals surface area (Å²) < 4.78 is 37.9. The molecule has 1 unspecified atom stereocenters. The summed E-state index contributed by atoms with van der Waals surface area (Å²) in [4.78, 5) is 2.25. The van der Waals surface area contributed by atoms with Crippen LogP contribution in [0.5, 0.6) is 0 Å². The van der Waals surface area contributed by atoms with E-state index >= 15 is 0 Å². The van der Waals surface area contributed by atoms with E-state index in [2.05, 4.69) is 6.92 Å². The molecular weight excluding hydrogens is 283 g/mol. The molecule has 0 fully saturated rings. The van der Waals surface area contributed by atoms with E-state index in [4.69, 9.17) is 5.73 Å². The Morgan fingerprint density at radius 3 is 2.55 bits per heavy atom. The van der Waals surface area contributed by atoms with E-state index < -0.39 is 11.7 Å². The Labute approximate surface area is 120 Å². The molecule has 1 heterocycles. The molecule has 1 nitrogen and oxygen atoms in total. The molecule has 5 heteroatoms. The lowest BCUT2D eigenvalue weighted by atomic mass is 10.0. The molecule has 0 aliphatic carbocycles. The fourth-order valence-corrected chi connectivity index (χ4v) is 2.97. The number of nitrogens with two attached hydrogens (primary N) is 1. The van der Waals surface area contributed by atoms with Gasteiger partial charge < -0.3 is 5.73 Å². The van der Waals surface area contributed by atoms with Gasteiger partial charge in [0.25, 0.3) is 0 Å². The van der Waals surface area contributed by atoms with Crippen LogP contribution in [0.25, 0.3) is 0 Å². The van der Waals surface area contributed by atoms with Gasteiger partial charge in [-0.1, -0.05) is 25.1 Å². The highest BCUT2D eigenvalue weighted by Gasteiger charge is 2.30. The van der Waals surface area contributed by atoms with Gasteiger partial charge in [-0.2, -0.15) is 13.2 Å². The zero-order chi connectivity index (χ0) is 14.8. The molecule has 0 aliphatic heterocycles. The molecule has 1 aromatic carbocycles. The lowest BCUT2D eigenvalue weighted by Crippen LogP contribution is -2.12. The quantitative estimate of drug-likeness (QED) is 0.879. The van der Waals surface area contributed by atoms with E-state index in [-0.39, 0.29) is 6.04 Å². The number of benzene rings is 1. The third kappa shape index (κ3) is 3.61. The molecule has 0 amide bonds. The van der Waals surface area contributed by atoms with Crippen molar-refractivity contribution in [3.05, 3.63) is 57.3 Å². The summed E-state index contributed by atoms with van der Waals surface area (Å²) in [6, 6.07) is 9.08. The normalized spacial score (nSPS) is 13.4. The molecular formula is C15H16F3NS. The number of hydrogen-bond donors (Lipinski definition) is 1. The van der Waals surface area contributed by atoms with Crippen molar-refractivity contribution in [3.63, 3.8) is 0 Å². The number of aryl methyl sites for hydroxylation is 1. The first kappa shape index (κ1) is 15.1. The molecule has 2 N–H and O–H groups in total. The van der Waals surface area contributed by atoms with Crippen LogP contribution < -0.4 is 5.73 Å². The lowest BCUT2D eigenvalue weighted by Gasteiger charge is -2.12. The molecule has 0 radical (unpaired) electrons. The van der Waals surface area contributed by atoms with Gasteiger partial charge in [-0.05, 0) is 36.6 Å². The Bertz CT molecular complexity index is 574. The fourth-order valence-electron chi connectivity index (χ4n) is 2.01. The van der Waals surface area contributed by atoms with Crippen molar-refractivity contribution in [1.29, 1.82) is 0 Å². The van der Waals surface area contributed by atoms with Gasteiger partial charge in [-0.25, -0.2) is 0 Å². The van der Waals surface area contributed by atoms with Gasteiger partial charge in [0.05, 0.1) is 5.56 Å². The van der Waals surface area contributed by atoms with Crippen molar-refractivity contribution in [2.45, 2.75) is 32.0 Å². The zero-order valence-corrected chi connectivity index (χ0v) is 11.9. The van der Waals surface area contributed by atoms with E-state index in [0.29, 0.717) is 12.0 Å². The maximum Gasteiger partial charge on any atom is 0.416 e. The van der Waals surface area contributed by atoms with Crippen LogP contribution in [0.4, 0.5) is 13.2 Å². The second-order valence-electron chi connectivity index (χ2n) is 4.67. The van der Waals surface area contributed by atoms with Crippen LogP contribution in [0.2, 0.25) is 0 Å². The zero-order valence-electron chi connectivity index (χ0n) is 11.1. The Morgan fingerprint density at radius 1 is 1.20 bits per heavy atom. The number of rotatable bonds is 4. The van der Waals surface area contributed by atoms with Gasteiger partial charge in [0.15, 0.2) is 0 Å². The Kier molecular flexibility index (Phi) is 4.50. The van der Waals surface area contributed by atoms with Crippen LogP contribution in [0.1, 0.15) is 33.8 Å². The van der Waals surface area contributed by atoms with Gasteiger partial charge in [-0.15, -0.1) is 11.3 Å². The van der Waals surface area contributed by atoms with Gasteiger partial charge in [0.1, 0.15) is 0 Å². The Balaban J connectivity index is 2.13. The first-order chi connectivity index (χ1) is 9.40. The number of hydrogen-bond acceptors (Lipinski definition) is 2. The SMILES string of the molecule is CCc1ccc(C(N)Cc2cccc(C(F)(F)F)c2)s1. The summed E-state index contributed by atoms with van der Waals surface area (Å²) in [5, 5.41) is 0. The predicted molar refractivity (Wildman–Crippen MR) is 75.8 cm³/mol. The molecule has 0 saturated carbocycles. The summed E-state index contributed by atoms with van der Waals surface area (Å²) >= 11 is 1.62. The van der Waals surface area contributed by atoms with Crippen LogP contribution in [0.3, 0.4) is 0 Å². The minimum Gasteiger partial charge on any atom is -0.323 e. The van der Waals surface area contributed by atoms with Crippen LogP contribution in [0, 0.1) is 0 Å². The monoisotopic (exact) mass is 299 g/mol. The van der Waals surface area contributed by atoms with Crippen molar-refractivity contribution in [3.8, 4) is 0 Å². The van der Waals surface area contributed by atoms with Gasteiger partial charge >= 0.3 is 6.18 Å². The van der Waals surface area contributed by atoms with Gasteiger partial charge in [0.2, 0.25) is 0 Å². The van der Waals surface area contributed by atoms with E-state index in [1.54, 1.807) is 17.4 Å². The Hall–Kier alpha value is -1.33. The van der Waals surface area contributed by atoms with E-state index in [1.807, 2.05) is 12.1 Å². The number of alkyl halides is 3. The standard InChI is InChI=1S/C15H16F3NS/c1-2-12-6-7-14(20-12)13(19)9-10-4-3-5-11(8-10)15(16,17)18/h3-8,13H,2,9,19H2,1H3. The lowest BCUT2D eigenvalue weighted by molar-refractivity contribution is -0.137. The first-order valence-corrected chi connectivity index (χ1v) is 7.22. The van der Waals surface area contributed by atoms with Crippen molar-refractivity contribution in [2.24, 2.45) is 5.73 Å². The maximum absolute atomic E-state index is 12.6. The third-order valence-electron chi connectivity index (χ3n) is 3.11. The molecule has 0 saturated heterocycles. The minimum absolute atomic E-state index is 0.260. The highest BCUT2D eigenvalue weighted by Crippen LogP contribution is 2.31. The molecule has 1 aromatic heterocycles. The summed E-state index contributed by atoms with van der Waals surface area (Å²) in [5.74, 6) is 0. The molecule has 2 rings (SSSR count). The molecule has 20 heavy (non-hydrogen) atoms. The van der Waals surface area contributed by atoms with Crippen molar-refractivity contribution in [1.82, 2.24) is 0 Å². The van der Waals surface area contributed by atoms with E-state index in [1.165, 1.54) is 17.0 Å². The average Bonchev–Trinajstić information content (AvgIpc) is 2.87. The smallest absolute Gasteiger partial charge is 0.323 e. The first-order valence-electron chi connectivity index (χ1n) is 6.40. The molecule has 0 bridgehead atoms. The summed E-state index contributed by atoms with van der Waals surface area (Å²) in [5.41, 5.74) is 6.07. The van der Waals surface area contributed by atoms with Crippen molar-refractivity contribution in [2.75, 3.05) is 0 Å². The number of halogens is 3. The second kappa shape index (κ2) is 5.97. The summed E-state index contributed by atoms with van der Waals surface area (Å²) in [6.45, 7) is 2.06. The summed E-state index contributed by atoms with van der Waals surface area (Å²) in [7, 11) is 0. The van der Waals surface area contributed by atoms with Gasteiger partial charge in [0, 0.05) is 15.8 Å². The fraction of sp³-hybridized carbons (Fsp3) is 0.333. The second-order valence-corrected chi connectivity index (χ2v) is 5.87. The van der Waals surface area contributed by atoms with Crippen molar-refractivity contribution >= 4 is 11.3 Å². The maximum atomic E-state index is 12.6. The van der Waals surface area contributed by atoms with E-state index in [9.17, 15) is 13.2 Å². The number of thiophene rings is 1. The molecule has 0 aliphatic rings.